The molecular weight excluding hydrogens is 223 g/mol. The molecule has 0 aromatic carbocycles. The second-order valence-electron chi connectivity index (χ2n) is 4.02. The lowest BCUT2D eigenvalue weighted by molar-refractivity contribution is -0.132. The highest BCUT2D eigenvalue weighted by Crippen LogP contribution is 2.16. The molecule has 0 saturated carbocycles. The fraction of sp³-hybridized carbons (Fsp3) is 0.889. The molecule has 2 N–H and O–H groups in total. The first-order chi connectivity index (χ1) is 6.66. The fourth-order valence-corrected chi connectivity index (χ4v) is 2.04. The van der Waals surface area contributed by atoms with Crippen molar-refractivity contribution in [3.63, 3.8) is 0 Å². The zero-order valence-electron chi connectivity index (χ0n) is 8.36. The molecule has 2 heterocycles. The second kappa shape index (κ2) is 5.09. The number of halogens is 2. The number of carbonyl (C=O) groups excluding carboxylic acids is 1. The summed E-state index contributed by atoms with van der Waals surface area (Å²) in [4.78, 5) is 13.3. The average molecular weight is 239 g/mol. The summed E-state index contributed by atoms with van der Waals surface area (Å²) in [6, 6.07) is -0.379. The van der Waals surface area contributed by atoms with Crippen LogP contribution < -0.4 is 5.32 Å². The van der Waals surface area contributed by atoms with Gasteiger partial charge in [0, 0.05) is 26.1 Å². The van der Waals surface area contributed by atoms with Gasteiger partial charge >= 0.3 is 0 Å². The van der Waals surface area contributed by atoms with Crippen molar-refractivity contribution < 1.29 is 14.3 Å². The number of carbonyl (C=O) groups is 1. The maximum Gasteiger partial charge on any atom is 0.239 e. The Labute approximate surface area is 94.2 Å². The summed E-state index contributed by atoms with van der Waals surface area (Å²) in [7, 11) is 0. The number of likely N-dealkylation sites (tertiary alicyclic amines) is 1. The first-order valence-electron chi connectivity index (χ1n) is 5.01. The number of amides is 1. The molecule has 6 heteroatoms. The van der Waals surface area contributed by atoms with Crippen LogP contribution in [-0.4, -0.2) is 53.9 Å². The molecule has 2 saturated heterocycles. The molecule has 3 atom stereocenters. The fourth-order valence-electron chi connectivity index (χ4n) is 2.04. The van der Waals surface area contributed by atoms with Gasteiger partial charge in [-0.25, -0.2) is 4.39 Å². The molecule has 2 fully saturated rings. The van der Waals surface area contributed by atoms with Crippen molar-refractivity contribution in [2.24, 2.45) is 0 Å². The van der Waals surface area contributed by atoms with Crippen LogP contribution in [0.4, 0.5) is 4.39 Å². The lowest BCUT2D eigenvalue weighted by Gasteiger charge is -2.19. The molecule has 2 aliphatic heterocycles. The Hall–Kier alpha value is -0.390. The Balaban J connectivity index is 0.00000112. The van der Waals surface area contributed by atoms with Crippen molar-refractivity contribution in [2.75, 3.05) is 19.6 Å². The van der Waals surface area contributed by atoms with E-state index in [2.05, 4.69) is 5.32 Å². The van der Waals surface area contributed by atoms with Crippen LogP contribution in [0.15, 0.2) is 0 Å². The molecule has 0 aliphatic carbocycles. The van der Waals surface area contributed by atoms with E-state index in [0.29, 0.717) is 19.5 Å². The molecule has 0 aromatic rings. The van der Waals surface area contributed by atoms with E-state index in [1.165, 1.54) is 0 Å². The Morgan fingerprint density at radius 1 is 1.53 bits per heavy atom. The van der Waals surface area contributed by atoms with E-state index in [0.717, 1.165) is 0 Å². The molecular formula is C9H16ClFN2O2. The molecule has 2 aliphatic rings. The predicted octanol–water partition coefficient (Wildman–Crippen LogP) is -0.299. The zero-order valence-corrected chi connectivity index (χ0v) is 9.17. The second-order valence-corrected chi connectivity index (χ2v) is 4.02. The van der Waals surface area contributed by atoms with Gasteiger partial charge < -0.3 is 15.3 Å². The SMILES string of the molecule is Cl.O=C([C@H]1C[C@H](F)CN1)N1CC[C@H](O)C1. The summed E-state index contributed by atoms with van der Waals surface area (Å²) in [6.07, 6.45) is -0.402. The summed E-state index contributed by atoms with van der Waals surface area (Å²) in [5.74, 6) is -0.0679. The van der Waals surface area contributed by atoms with E-state index < -0.39 is 12.3 Å². The van der Waals surface area contributed by atoms with Gasteiger partial charge in [0.15, 0.2) is 0 Å². The molecule has 0 spiro atoms. The lowest BCUT2D eigenvalue weighted by atomic mass is 10.2. The molecule has 4 nitrogen and oxygen atoms in total. The van der Waals surface area contributed by atoms with Crippen LogP contribution in [0, 0.1) is 0 Å². The third-order valence-corrected chi connectivity index (χ3v) is 2.85. The molecule has 2 rings (SSSR count). The Morgan fingerprint density at radius 3 is 2.73 bits per heavy atom. The number of nitrogens with zero attached hydrogens (tertiary/aromatic N) is 1. The van der Waals surface area contributed by atoms with Crippen LogP contribution in [0.3, 0.4) is 0 Å². The summed E-state index contributed by atoms with van der Waals surface area (Å²) >= 11 is 0. The number of rotatable bonds is 1. The minimum Gasteiger partial charge on any atom is -0.391 e. The Morgan fingerprint density at radius 2 is 2.27 bits per heavy atom. The van der Waals surface area contributed by atoms with Crippen molar-refractivity contribution in [2.45, 2.75) is 31.2 Å². The highest BCUT2D eigenvalue weighted by molar-refractivity contribution is 5.85. The number of β-amino-alcohol motifs (C(OH)–C–C–N with tert-alkyl or cyclic N) is 1. The van der Waals surface area contributed by atoms with Crippen molar-refractivity contribution >= 4 is 18.3 Å². The van der Waals surface area contributed by atoms with Crippen molar-refractivity contribution in [3.8, 4) is 0 Å². The van der Waals surface area contributed by atoms with Crippen molar-refractivity contribution in [3.05, 3.63) is 0 Å². The zero-order chi connectivity index (χ0) is 10.1. The first-order valence-corrected chi connectivity index (χ1v) is 5.01. The monoisotopic (exact) mass is 238 g/mol. The van der Waals surface area contributed by atoms with Gasteiger partial charge in [-0.05, 0) is 6.42 Å². The largest absolute Gasteiger partial charge is 0.391 e. The molecule has 88 valence electrons. The smallest absolute Gasteiger partial charge is 0.239 e. The maximum atomic E-state index is 12.8. The van der Waals surface area contributed by atoms with E-state index in [1.54, 1.807) is 4.90 Å². The van der Waals surface area contributed by atoms with Gasteiger partial charge in [-0.15, -0.1) is 12.4 Å². The molecule has 0 radical (unpaired) electrons. The van der Waals surface area contributed by atoms with E-state index >= 15 is 0 Å². The van der Waals surface area contributed by atoms with Crippen LogP contribution in [0.1, 0.15) is 12.8 Å². The van der Waals surface area contributed by atoms with E-state index in [9.17, 15) is 14.3 Å². The van der Waals surface area contributed by atoms with Crippen LogP contribution in [0.2, 0.25) is 0 Å². The molecule has 1 amide bonds. The van der Waals surface area contributed by atoms with E-state index in [-0.39, 0.29) is 37.3 Å². The summed E-state index contributed by atoms with van der Waals surface area (Å²) in [5.41, 5.74) is 0. The number of nitrogens with one attached hydrogen (secondary N) is 1. The minimum absolute atomic E-state index is 0. The van der Waals surface area contributed by atoms with Gasteiger partial charge in [0.1, 0.15) is 6.17 Å². The van der Waals surface area contributed by atoms with Gasteiger partial charge in [-0.1, -0.05) is 0 Å². The first kappa shape index (κ1) is 12.7. The van der Waals surface area contributed by atoms with Crippen LogP contribution in [0.25, 0.3) is 0 Å². The van der Waals surface area contributed by atoms with Gasteiger partial charge in [0.05, 0.1) is 12.1 Å². The quantitative estimate of drug-likeness (QED) is 0.660. The molecule has 0 aromatic heterocycles. The third kappa shape index (κ3) is 2.80. The van der Waals surface area contributed by atoms with Crippen molar-refractivity contribution in [1.29, 1.82) is 0 Å². The number of hydrogen-bond donors (Lipinski definition) is 2. The van der Waals surface area contributed by atoms with Crippen molar-refractivity contribution in [1.82, 2.24) is 10.2 Å². The standard InChI is InChI=1S/C9H15FN2O2.ClH/c10-6-3-8(11-4-6)9(14)12-2-1-7(13)5-12;/h6-8,11,13H,1-5H2;1H/t6-,7-,8+;/m0./s1. The topological polar surface area (TPSA) is 52.6 Å². The van der Waals surface area contributed by atoms with Crippen LogP contribution in [-0.2, 0) is 4.79 Å². The summed E-state index contributed by atoms with van der Waals surface area (Å²) < 4.78 is 12.8. The van der Waals surface area contributed by atoms with Gasteiger partial charge in [-0.3, -0.25) is 4.79 Å². The maximum absolute atomic E-state index is 12.8. The van der Waals surface area contributed by atoms with Crippen LogP contribution >= 0.6 is 12.4 Å². The van der Waals surface area contributed by atoms with Gasteiger partial charge in [0.25, 0.3) is 0 Å². The number of hydrogen-bond acceptors (Lipinski definition) is 3. The predicted molar refractivity (Wildman–Crippen MR) is 55.8 cm³/mol. The normalized spacial score (nSPS) is 35.3. The number of alkyl halides is 1. The van der Waals surface area contributed by atoms with E-state index in [1.807, 2.05) is 0 Å². The average Bonchev–Trinajstić information content (AvgIpc) is 2.73. The van der Waals surface area contributed by atoms with Crippen LogP contribution in [0.5, 0.6) is 0 Å². The van der Waals surface area contributed by atoms with E-state index in [4.69, 9.17) is 0 Å². The molecule has 0 unspecified atom stereocenters. The highest BCUT2D eigenvalue weighted by Gasteiger charge is 2.34. The summed E-state index contributed by atoms with van der Waals surface area (Å²) in [5, 5.41) is 12.1. The molecule has 15 heavy (non-hydrogen) atoms. The Kier molecular flexibility index (Phi) is 4.31. The highest BCUT2D eigenvalue weighted by atomic mass is 35.5. The lowest BCUT2D eigenvalue weighted by Crippen LogP contribution is -2.42. The number of aliphatic hydroxyl groups excluding tert-OH is 1. The van der Waals surface area contributed by atoms with Gasteiger partial charge in [0.2, 0.25) is 5.91 Å². The minimum atomic E-state index is -0.906. The molecule has 0 bridgehead atoms. The third-order valence-electron chi connectivity index (χ3n) is 2.85. The Bertz CT molecular complexity index is 220. The number of aliphatic hydroxyl groups is 1. The summed E-state index contributed by atoms with van der Waals surface area (Å²) in [6.45, 7) is 1.26. The van der Waals surface area contributed by atoms with Gasteiger partial charge in [-0.2, -0.15) is 0 Å².